The van der Waals surface area contributed by atoms with Crippen molar-refractivity contribution in [2.24, 2.45) is 0 Å². The third-order valence-electron chi connectivity index (χ3n) is 5.95. The number of hydrogen-bond acceptors (Lipinski definition) is 6. The topological polar surface area (TPSA) is 125 Å². The van der Waals surface area contributed by atoms with Crippen LogP contribution in [0.1, 0.15) is 34.3 Å². The maximum atomic E-state index is 13.3. The fourth-order valence-corrected chi connectivity index (χ4v) is 3.79. The molecule has 0 spiro atoms. The van der Waals surface area contributed by atoms with Crippen molar-refractivity contribution in [1.29, 1.82) is 0 Å². The van der Waals surface area contributed by atoms with E-state index in [0.29, 0.717) is 22.5 Å². The molecule has 0 radical (unpaired) electrons. The van der Waals surface area contributed by atoms with Crippen LogP contribution in [-0.4, -0.2) is 41.7 Å². The summed E-state index contributed by atoms with van der Waals surface area (Å²) in [6.07, 6.45) is -7.44. The molecule has 14 heteroatoms. The molecule has 3 aromatic rings. The van der Waals surface area contributed by atoms with Crippen LogP contribution in [0, 0.1) is 0 Å². The minimum atomic E-state index is -6.39. The number of halogens is 7. The number of alkyl halides is 7. The Morgan fingerprint density at radius 2 is 1.37 bits per heavy atom. The van der Waals surface area contributed by atoms with Crippen molar-refractivity contribution in [2.75, 3.05) is 18.1 Å². The molecule has 0 aromatic heterocycles. The fraction of sp³-hybridized carbons (Fsp3) is 0.241. The maximum absolute atomic E-state index is 13.3. The number of ether oxygens (including phenoxy) is 2. The van der Waals surface area contributed by atoms with E-state index >= 15 is 0 Å². The monoisotopic (exact) mass is 614 g/mol. The lowest BCUT2D eigenvalue weighted by molar-refractivity contribution is -0.355. The van der Waals surface area contributed by atoms with E-state index in [1.165, 1.54) is 54.6 Å². The van der Waals surface area contributed by atoms with Gasteiger partial charge in [-0.2, -0.15) is 30.7 Å². The van der Waals surface area contributed by atoms with E-state index in [4.69, 9.17) is 20.9 Å². The number of hydrogen-bond donors (Lipinski definition) is 3. The van der Waals surface area contributed by atoms with E-state index in [2.05, 4.69) is 0 Å². The predicted octanol–water partition coefficient (Wildman–Crippen LogP) is 6.77. The maximum Gasteiger partial charge on any atom is 0.459 e. The average molecular weight is 615 g/mol. The zero-order valence-corrected chi connectivity index (χ0v) is 22.1. The zero-order chi connectivity index (χ0) is 32.0. The summed E-state index contributed by atoms with van der Waals surface area (Å²) in [6.45, 7) is -0.578. The first-order chi connectivity index (χ1) is 20.0. The van der Waals surface area contributed by atoms with Gasteiger partial charge in [0.2, 0.25) is 0 Å². The second kappa shape index (κ2) is 13.0. The first kappa shape index (κ1) is 32.8. The van der Waals surface area contributed by atoms with E-state index < -0.39 is 49.4 Å². The van der Waals surface area contributed by atoms with Crippen molar-refractivity contribution in [3.05, 3.63) is 89.0 Å². The van der Waals surface area contributed by atoms with Crippen LogP contribution < -0.4 is 20.9 Å². The van der Waals surface area contributed by atoms with Crippen molar-refractivity contribution in [1.82, 2.24) is 0 Å². The number of carbonyl (C=O) groups is 2. The minimum absolute atomic E-state index is 0.0497. The van der Waals surface area contributed by atoms with Gasteiger partial charge in [-0.1, -0.05) is 12.1 Å². The van der Waals surface area contributed by atoms with E-state index in [9.17, 15) is 45.4 Å². The standard InChI is InChI=1S/C29H25F7N2O5/c30-27(31,28(32,33)29(34,35)36)10-1-11-42-23-8-4-19(5-9-23)26(41)43-24-6-2-17(3-7-24)12-20(25(39)40)13-18-14-21(37)16-22(38)15-18/h2-9,12,14-16H,1,10-11,13,37-38H2,(H,39,40)/b20-12+. The van der Waals surface area contributed by atoms with E-state index in [0.717, 1.165) is 0 Å². The highest BCUT2D eigenvalue weighted by Crippen LogP contribution is 2.48. The average Bonchev–Trinajstić information content (AvgIpc) is 2.90. The van der Waals surface area contributed by atoms with Gasteiger partial charge in [-0.3, -0.25) is 0 Å². The second-order valence-corrected chi connectivity index (χ2v) is 9.37. The highest BCUT2D eigenvalue weighted by molar-refractivity contribution is 5.93. The molecule has 3 aromatic carbocycles. The van der Waals surface area contributed by atoms with Crippen molar-refractivity contribution in [2.45, 2.75) is 37.3 Å². The normalized spacial score (nSPS) is 12.6. The Morgan fingerprint density at radius 1 is 0.814 bits per heavy atom. The Kier molecular flexibility index (Phi) is 9.94. The van der Waals surface area contributed by atoms with Gasteiger partial charge in [0.15, 0.2) is 0 Å². The van der Waals surface area contributed by atoms with Gasteiger partial charge in [0.1, 0.15) is 11.5 Å². The molecule has 0 saturated heterocycles. The van der Waals surface area contributed by atoms with Crippen molar-refractivity contribution in [3.63, 3.8) is 0 Å². The number of nitrogens with two attached hydrogens (primary N) is 2. The second-order valence-electron chi connectivity index (χ2n) is 9.37. The van der Waals surface area contributed by atoms with E-state index in [1.54, 1.807) is 18.2 Å². The Bertz CT molecular complexity index is 1450. The van der Waals surface area contributed by atoms with Crippen molar-refractivity contribution >= 4 is 29.4 Å². The van der Waals surface area contributed by atoms with Crippen LogP contribution in [0.5, 0.6) is 11.5 Å². The molecule has 0 fully saturated rings. The molecule has 0 saturated carbocycles. The van der Waals surface area contributed by atoms with Gasteiger partial charge < -0.3 is 26.0 Å². The SMILES string of the molecule is Nc1cc(N)cc(C/C(=C\c2ccc(OC(=O)c3ccc(OCCCC(F)(F)C(F)(F)C(F)(F)F)cc3)cc2)C(=O)O)c1. The van der Waals surface area contributed by atoms with Crippen LogP contribution in [0.2, 0.25) is 0 Å². The van der Waals surface area contributed by atoms with E-state index in [1.807, 2.05) is 0 Å². The summed E-state index contributed by atoms with van der Waals surface area (Å²) in [7, 11) is 0. The summed E-state index contributed by atoms with van der Waals surface area (Å²) in [6, 6.07) is 15.8. The number of anilines is 2. The molecule has 0 heterocycles. The van der Waals surface area contributed by atoms with E-state index in [-0.39, 0.29) is 29.1 Å². The van der Waals surface area contributed by atoms with Crippen LogP contribution in [0.4, 0.5) is 42.1 Å². The van der Waals surface area contributed by atoms with Gasteiger partial charge in [0.25, 0.3) is 0 Å². The zero-order valence-electron chi connectivity index (χ0n) is 22.1. The highest BCUT2D eigenvalue weighted by atomic mass is 19.4. The van der Waals surface area contributed by atoms with Gasteiger partial charge in [0, 0.05) is 29.8 Å². The molecule has 230 valence electrons. The lowest BCUT2D eigenvalue weighted by Gasteiger charge is -2.28. The largest absolute Gasteiger partial charge is 0.494 e. The van der Waals surface area contributed by atoms with Crippen LogP contribution in [0.3, 0.4) is 0 Å². The summed E-state index contributed by atoms with van der Waals surface area (Å²) >= 11 is 0. The number of carboxylic acids is 1. The molecule has 5 N–H and O–H groups in total. The molecule has 0 aliphatic heterocycles. The summed E-state index contributed by atoms with van der Waals surface area (Å²) in [4.78, 5) is 24.2. The van der Waals surface area contributed by atoms with Crippen molar-refractivity contribution < 1.29 is 54.9 Å². The Labute approximate surface area is 240 Å². The first-order valence-corrected chi connectivity index (χ1v) is 12.4. The highest BCUT2D eigenvalue weighted by Gasteiger charge is 2.72. The van der Waals surface area contributed by atoms with Gasteiger partial charge >= 0.3 is 30.0 Å². The Morgan fingerprint density at radius 3 is 1.91 bits per heavy atom. The van der Waals surface area contributed by atoms with Crippen LogP contribution in [0.25, 0.3) is 6.08 Å². The molecule has 3 rings (SSSR count). The number of rotatable bonds is 12. The third kappa shape index (κ3) is 8.63. The number of benzene rings is 3. The molecular weight excluding hydrogens is 589 g/mol. The summed E-state index contributed by atoms with van der Waals surface area (Å²) < 4.78 is 99.5. The number of nitrogen functional groups attached to an aromatic ring is 2. The number of esters is 1. The smallest absolute Gasteiger partial charge is 0.459 e. The number of carboxylic acid groups (broad SMARTS) is 1. The Balaban J connectivity index is 1.55. The van der Waals surface area contributed by atoms with Gasteiger partial charge in [-0.05, 0) is 78.2 Å². The molecule has 0 bridgehead atoms. The van der Waals surface area contributed by atoms with Crippen LogP contribution in [0.15, 0.2) is 72.3 Å². The lowest BCUT2D eigenvalue weighted by atomic mass is 10.0. The van der Waals surface area contributed by atoms with Gasteiger partial charge in [-0.15, -0.1) is 0 Å². The molecular formula is C29H25F7N2O5. The third-order valence-corrected chi connectivity index (χ3v) is 5.95. The summed E-state index contributed by atoms with van der Waals surface area (Å²) in [5.41, 5.74) is 13.6. The first-order valence-electron chi connectivity index (χ1n) is 12.4. The molecule has 0 amide bonds. The summed E-state index contributed by atoms with van der Waals surface area (Å²) in [5, 5.41) is 9.60. The summed E-state index contributed by atoms with van der Waals surface area (Å²) in [5.74, 6) is -13.2. The van der Waals surface area contributed by atoms with Crippen LogP contribution in [-0.2, 0) is 11.2 Å². The van der Waals surface area contributed by atoms with Gasteiger partial charge in [0.05, 0.1) is 12.2 Å². The number of aliphatic carboxylic acids is 1. The molecule has 0 unspecified atom stereocenters. The predicted molar refractivity (Wildman–Crippen MR) is 143 cm³/mol. The molecule has 0 aliphatic rings. The lowest BCUT2D eigenvalue weighted by Crippen LogP contribution is -2.51. The minimum Gasteiger partial charge on any atom is -0.494 e. The van der Waals surface area contributed by atoms with Gasteiger partial charge in [-0.25, -0.2) is 9.59 Å². The van der Waals surface area contributed by atoms with Crippen LogP contribution >= 0.6 is 0 Å². The molecule has 43 heavy (non-hydrogen) atoms. The fourth-order valence-electron chi connectivity index (χ4n) is 3.79. The van der Waals surface area contributed by atoms with Crippen molar-refractivity contribution in [3.8, 4) is 11.5 Å². The molecule has 0 aliphatic carbocycles. The molecule has 0 atom stereocenters. The molecule has 7 nitrogen and oxygen atoms in total. The quantitative estimate of drug-likeness (QED) is 0.0514. The Hall–Kier alpha value is -4.75. The number of carbonyl (C=O) groups excluding carboxylic acids is 1.